The van der Waals surface area contributed by atoms with Crippen molar-refractivity contribution < 1.29 is 24.5 Å². The molecule has 57 heavy (non-hydrogen) atoms. The molecule has 3 atom stereocenters. The van der Waals surface area contributed by atoms with Crippen molar-refractivity contribution in [3.05, 3.63) is 141 Å². The monoisotopic (exact) mass is 761 g/mol. The van der Waals surface area contributed by atoms with E-state index in [0.29, 0.717) is 31.6 Å². The number of ketones is 2. The minimum atomic E-state index is -0.485. The fraction of sp³-hybridized carbons (Fsp3) is 0.347. The van der Waals surface area contributed by atoms with E-state index in [1.165, 1.54) is 0 Å². The molecule has 4 bridgehead atoms. The second-order valence-electron chi connectivity index (χ2n) is 16.6. The van der Waals surface area contributed by atoms with E-state index in [1.807, 2.05) is 36.7 Å². The number of aromatic nitrogens is 2. The summed E-state index contributed by atoms with van der Waals surface area (Å²) >= 11 is 0. The first-order chi connectivity index (χ1) is 27.8. The summed E-state index contributed by atoms with van der Waals surface area (Å²) in [5.41, 5.74) is 10.1. The molecule has 3 aromatic carbocycles. The molecule has 2 aromatic heterocycles. The number of allylic oxidation sites excluding steroid dienone is 1. The van der Waals surface area contributed by atoms with Crippen LogP contribution >= 0.6 is 0 Å². The summed E-state index contributed by atoms with van der Waals surface area (Å²) in [5, 5.41) is 25.8. The van der Waals surface area contributed by atoms with Gasteiger partial charge in [0.1, 0.15) is 23.1 Å². The third kappa shape index (κ3) is 7.95. The lowest BCUT2D eigenvalue weighted by molar-refractivity contribution is -0.129. The smallest absolute Gasteiger partial charge is 0.161 e. The topological polar surface area (TPSA) is 127 Å². The van der Waals surface area contributed by atoms with Gasteiger partial charge in [0.15, 0.2) is 11.5 Å². The number of phenols is 2. The van der Waals surface area contributed by atoms with Gasteiger partial charge in [0.25, 0.3) is 0 Å². The number of nitrogens with one attached hydrogen (secondary N) is 3. The molecule has 5 aromatic rings. The Morgan fingerprint density at radius 2 is 1.56 bits per heavy atom. The number of rotatable bonds is 4. The standard InChI is InChI=1S/C49H51N3O5/c53-38-15-12-33-24-36(48(56)46(26-33)57-39-8-1-2-9-39)23-32-6-3-5-31(21-32)22-35-17-19-51-49(35)52-29-37-27-43-41(18-20-50-43)42(47(37)45(55)28-38)25-30-11-14-34-7-4-10-44(54)40(34)16-13-30/h3-7,10,13,16-21,24,26-27,30,39,42,47,50-52,54,56H,1-2,8-9,11-12,14-15,22-23,25,28-29H2. The van der Waals surface area contributed by atoms with Crippen LogP contribution in [0.4, 0.5) is 5.82 Å². The van der Waals surface area contributed by atoms with E-state index in [4.69, 9.17) is 4.74 Å². The Kier molecular flexibility index (Phi) is 10.3. The van der Waals surface area contributed by atoms with Crippen LogP contribution in [0, 0.1) is 11.8 Å². The molecule has 3 aliphatic carbocycles. The molecule has 0 spiro atoms. The van der Waals surface area contributed by atoms with Crippen molar-refractivity contribution in [3.8, 4) is 17.2 Å². The first-order valence-corrected chi connectivity index (χ1v) is 20.7. The van der Waals surface area contributed by atoms with E-state index < -0.39 is 5.92 Å². The Hall–Kier alpha value is -5.76. The highest BCUT2D eigenvalue weighted by atomic mass is 16.5. The molecule has 292 valence electrons. The average molecular weight is 762 g/mol. The first kappa shape index (κ1) is 36.9. The lowest BCUT2D eigenvalue weighted by atomic mass is 9.69. The molecular formula is C49H51N3O5. The zero-order valence-electron chi connectivity index (χ0n) is 32.4. The fourth-order valence-corrected chi connectivity index (χ4v) is 9.77. The van der Waals surface area contributed by atoms with Crippen molar-refractivity contribution in [1.29, 1.82) is 0 Å². The summed E-state index contributed by atoms with van der Waals surface area (Å²) in [6, 6.07) is 22.3. The number of hydrogen-bond donors (Lipinski definition) is 5. The SMILES string of the molecule is O=C1CCc2cc(c(O)c(OC3CCCC3)c2)Cc2cccc(c2)Cc2cc[nH]c2NCC2=Cc3[nH]ccc3C(CC3C=Cc4c(O)cccc4CC3)C2C(=O)C1. The van der Waals surface area contributed by atoms with Gasteiger partial charge >= 0.3 is 0 Å². The van der Waals surface area contributed by atoms with Crippen LogP contribution in [0.15, 0.2) is 90.8 Å². The second-order valence-corrected chi connectivity index (χ2v) is 16.6. The zero-order chi connectivity index (χ0) is 38.9. The number of aromatic hydroxyl groups is 2. The van der Waals surface area contributed by atoms with Crippen molar-refractivity contribution in [2.24, 2.45) is 11.8 Å². The maximum Gasteiger partial charge on any atom is 0.161 e. The molecule has 8 nitrogen and oxygen atoms in total. The lowest BCUT2D eigenvalue weighted by Gasteiger charge is -2.34. The average Bonchev–Trinajstić information content (AvgIpc) is 3.97. The molecule has 5 N–H and O–H groups in total. The number of benzene rings is 3. The van der Waals surface area contributed by atoms with Crippen LogP contribution in [0.2, 0.25) is 0 Å². The largest absolute Gasteiger partial charge is 0.507 e. The third-order valence-electron chi connectivity index (χ3n) is 12.7. The number of H-pyrrole nitrogens is 2. The van der Waals surface area contributed by atoms with E-state index >= 15 is 0 Å². The normalized spacial score (nSPS) is 21.4. The number of aromatic amines is 2. The molecule has 1 aliphatic heterocycles. The van der Waals surface area contributed by atoms with Gasteiger partial charge in [-0.3, -0.25) is 9.59 Å². The van der Waals surface area contributed by atoms with Gasteiger partial charge in [-0.2, -0.15) is 0 Å². The van der Waals surface area contributed by atoms with Crippen LogP contribution < -0.4 is 10.1 Å². The zero-order valence-corrected chi connectivity index (χ0v) is 32.4. The number of phenolic OH excluding ortho intramolecular Hbond substituents is 2. The molecule has 3 unspecified atom stereocenters. The number of fused-ring (bicyclic) bond motifs is 8. The second kappa shape index (κ2) is 16.0. The highest BCUT2D eigenvalue weighted by Crippen LogP contribution is 2.45. The highest BCUT2D eigenvalue weighted by Gasteiger charge is 2.39. The van der Waals surface area contributed by atoms with Gasteiger partial charge in [-0.05, 0) is 127 Å². The summed E-state index contributed by atoms with van der Waals surface area (Å²) < 4.78 is 6.40. The summed E-state index contributed by atoms with van der Waals surface area (Å²) in [7, 11) is 0. The Balaban J connectivity index is 1.06. The van der Waals surface area contributed by atoms with Crippen molar-refractivity contribution in [2.45, 2.75) is 89.1 Å². The Morgan fingerprint density at radius 3 is 2.42 bits per heavy atom. The lowest BCUT2D eigenvalue weighted by Crippen LogP contribution is -2.32. The molecule has 0 saturated heterocycles. The van der Waals surface area contributed by atoms with Crippen LogP contribution in [0.3, 0.4) is 0 Å². The number of carbonyl (C=O) groups excluding carboxylic acids is 2. The molecule has 0 radical (unpaired) electrons. The quantitative estimate of drug-likeness (QED) is 0.116. The van der Waals surface area contributed by atoms with E-state index in [9.17, 15) is 19.8 Å². The molecular weight excluding hydrogens is 711 g/mol. The van der Waals surface area contributed by atoms with Crippen molar-refractivity contribution in [2.75, 3.05) is 11.9 Å². The van der Waals surface area contributed by atoms with Gasteiger partial charge in [-0.1, -0.05) is 54.6 Å². The van der Waals surface area contributed by atoms with Gasteiger partial charge in [0.2, 0.25) is 0 Å². The first-order valence-electron chi connectivity index (χ1n) is 20.7. The molecule has 8 heteroatoms. The Bertz CT molecular complexity index is 2360. The number of ether oxygens (including phenoxy) is 1. The summed E-state index contributed by atoms with van der Waals surface area (Å²) in [4.78, 5) is 35.5. The van der Waals surface area contributed by atoms with Crippen molar-refractivity contribution >= 4 is 29.5 Å². The summed E-state index contributed by atoms with van der Waals surface area (Å²) in [6.07, 6.45) is 18.7. The third-order valence-corrected chi connectivity index (χ3v) is 12.7. The summed E-state index contributed by atoms with van der Waals surface area (Å²) in [6.45, 7) is 0.446. The van der Waals surface area contributed by atoms with Gasteiger partial charge in [-0.25, -0.2) is 0 Å². The number of aryl methyl sites for hydroxylation is 2. The fourth-order valence-electron chi connectivity index (χ4n) is 9.77. The molecule has 3 heterocycles. The van der Waals surface area contributed by atoms with Gasteiger partial charge in [-0.15, -0.1) is 0 Å². The number of anilines is 1. The van der Waals surface area contributed by atoms with E-state index in [0.717, 1.165) is 107 Å². The molecule has 9 rings (SSSR count). The highest BCUT2D eigenvalue weighted by molar-refractivity contribution is 6.02. The maximum atomic E-state index is 14.7. The Labute approximate surface area is 334 Å². The molecule has 0 amide bonds. The van der Waals surface area contributed by atoms with E-state index in [-0.39, 0.29) is 53.8 Å². The van der Waals surface area contributed by atoms with E-state index in [1.54, 1.807) is 6.07 Å². The van der Waals surface area contributed by atoms with Gasteiger partial charge < -0.3 is 30.2 Å². The van der Waals surface area contributed by atoms with E-state index in [2.05, 4.69) is 69.9 Å². The molecule has 4 aliphatic rings. The van der Waals surface area contributed by atoms with Crippen LogP contribution in [0.25, 0.3) is 12.2 Å². The number of carbonyl (C=O) groups is 2. The van der Waals surface area contributed by atoms with Gasteiger partial charge in [0, 0.05) is 66.9 Å². The van der Waals surface area contributed by atoms with Crippen LogP contribution in [-0.4, -0.2) is 44.4 Å². The molecule has 1 saturated carbocycles. The molecule has 1 fully saturated rings. The van der Waals surface area contributed by atoms with Gasteiger partial charge in [0.05, 0.1) is 12.5 Å². The maximum absolute atomic E-state index is 14.7. The van der Waals surface area contributed by atoms with Crippen molar-refractivity contribution in [1.82, 2.24) is 9.97 Å². The van der Waals surface area contributed by atoms with Crippen LogP contribution in [0.1, 0.15) is 107 Å². The van der Waals surface area contributed by atoms with Crippen LogP contribution in [0.5, 0.6) is 17.2 Å². The predicted molar refractivity (Wildman–Crippen MR) is 224 cm³/mol. The number of hydrogen-bond acceptors (Lipinski definition) is 6. The minimum Gasteiger partial charge on any atom is -0.507 e. The summed E-state index contributed by atoms with van der Waals surface area (Å²) in [5.74, 6) is 1.25. The number of Topliss-reactive ketones (excluding diaryl/α,β-unsaturated/α-hetero) is 2. The predicted octanol–water partition coefficient (Wildman–Crippen LogP) is 9.61. The van der Waals surface area contributed by atoms with Crippen molar-refractivity contribution in [3.63, 3.8) is 0 Å². The van der Waals surface area contributed by atoms with Crippen LogP contribution in [-0.2, 0) is 35.3 Å². The Morgan fingerprint density at radius 1 is 0.754 bits per heavy atom. The minimum absolute atomic E-state index is 0.0549.